The highest BCUT2D eigenvalue weighted by molar-refractivity contribution is 9.10. The third kappa shape index (κ3) is 9.27. The third-order valence-electron chi connectivity index (χ3n) is 7.48. The molecule has 0 radical (unpaired) electrons. The van der Waals surface area contributed by atoms with Gasteiger partial charge in [0, 0.05) is 44.2 Å². The van der Waals surface area contributed by atoms with Crippen LogP contribution in [0.4, 0.5) is 0 Å². The maximum absolute atomic E-state index is 12.5. The molecule has 0 aliphatic carbocycles. The molecule has 2 heterocycles. The molecule has 4 rings (SSSR count). The molecule has 0 N–H and O–H groups in total. The Morgan fingerprint density at radius 3 is 2.04 bits per heavy atom. The van der Waals surface area contributed by atoms with Gasteiger partial charge in [0.05, 0.1) is 13.2 Å². The van der Waals surface area contributed by atoms with Crippen LogP contribution in [0.2, 0.25) is 0 Å². The number of hydrogen-bond acceptors (Lipinski definition) is 11. The van der Waals surface area contributed by atoms with E-state index < -0.39 is 54.4 Å². The lowest BCUT2D eigenvalue weighted by atomic mass is 9.88. The molecule has 12 heteroatoms. The van der Waals surface area contributed by atoms with E-state index in [-0.39, 0.29) is 12.7 Å². The van der Waals surface area contributed by atoms with Crippen LogP contribution in [-0.2, 0) is 60.4 Å². The van der Waals surface area contributed by atoms with Crippen molar-refractivity contribution < 1.29 is 52.3 Å². The third-order valence-corrected chi connectivity index (χ3v) is 8.22. The van der Waals surface area contributed by atoms with Crippen molar-refractivity contribution in [3.8, 4) is 5.75 Å². The van der Waals surface area contributed by atoms with Crippen molar-refractivity contribution in [1.29, 1.82) is 0 Å². The van der Waals surface area contributed by atoms with Crippen molar-refractivity contribution in [1.82, 2.24) is 0 Å². The first kappa shape index (κ1) is 34.4. The highest BCUT2D eigenvalue weighted by Gasteiger charge is 2.53. The fourth-order valence-corrected chi connectivity index (χ4v) is 5.92. The molecule has 244 valence electrons. The van der Waals surface area contributed by atoms with Gasteiger partial charge in [-0.2, -0.15) is 0 Å². The highest BCUT2D eigenvalue weighted by Crippen LogP contribution is 2.43. The quantitative estimate of drug-likeness (QED) is 0.243. The molecule has 0 aromatic heterocycles. The summed E-state index contributed by atoms with van der Waals surface area (Å²) in [6, 6.07) is 12.0. The number of rotatable bonds is 11. The minimum absolute atomic E-state index is 0.242. The fourth-order valence-electron chi connectivity index (χ4n) is 5.46. The van der Waals surface area contributed by atoms with E-state index in [0.29, 0.717) is 37.4 Å². The maximum atomic E-state index is 12.5. The molecule has 2 aliphatic heterocycles. The van der Waals surface area contributed by atoms with E-state index >= 15 is 0 Å². The van der Waals surface area contributed by atoms with E-state index in [1.165, 1.54) is 33.3 Å². The lowest BCUT2D eigenvalue weighted by Crippen LogP contribution is -2.59. The zero-order valence-corrected chi connectivity index (χ0v) is 27.6. The van der Waals surface area contributed by atoms with Crippen LogP contribution < -0.4 is 4.74 Å². The summed E-state index contributed by atoms with van der Waals surface area (Å²) in [5.74, 6) is -2.23. The summed E-state index contributed by atoms with van der Waals surface area (Å²) in [5.41, 5.74) is 3.68. The van der Waals surface area contributed by atoms with Crippen LogP contribution >= 0.6 is 15.9 Å². The molecular formula is C33H39BrO11. The predicted octanol–water partition coefficient (Wildman–Crippen LogP) is 4.57. The smallest absolute Gasteiger partial charge is 0.303 e. The molecule has 45 heavy (non-hydrogen) atoms. The van der Waals surface area contributed by atoms with E-state index in [1.54, 1.807) is 0 Å². The van der Waals surface area contributed by atoms with E-state index in [4.69, 9.17) is 33.2 Å². The Bertz CT molecular complexity index is 1370. The van der Waals surface area contributed by atoms with Gasteiger partial charge < -0.3 is 33.2 Å². The molecule has 2 aromatic carbocycles. The van der Waals surface area contributed by atoms with Crippen LogP contribution in [0.3, 0.4) is 0 Å². The number of carbonyl (C=O) groups is 4. The van der Waals surface area contributed by atoms with Crippen molar-refractivity contribution in [2.45, 2.75) is 90.5 Å². The Hall–Kier alpha value is -3.48. The first-order chi connectivity index (χ1) is 21.4. The van der Waals surface area contributed by atoms with Crippen molar-refractivity contribution in [2.75, 3.05) is 19.8 Å². The fraction of sp³-hybridized carbons (Fsp3) is 0.515. The second kappa shape index (κ2) is 15.7. The Morgan fingerprint density at radius 2 is 1.47 bits per heavy atom. The molecule has 0 saturated carbocycles. The summed E-state index contributed by atoms with van der Waals surface area (Å²) in [7, 11) is 0. The van der Waals surface area contributed by atoms with Gasteiger partial charge in [0.25, 0.3) is 0 Å². The van der Waals surface area contributed by atoms with Gasteiger partial charge in [-0.25, -0.2) is 0 Å². The summed E-state index contributed by atoms with van der Waals surface area (Å²) in [6.07, 6.45) is -4.09. The number of ether oxygens (including phenoxy) is 7. The van der Waals surface area contributed by atoms with Gasteiger partial charge in [-0.15, -0.1) is 0 Å². The maximum Gasteiger partial charge on any atom is 0.303 e. The van der Waals surface area contributed by atoms with Gasteiger partial charge in [-0.3, -0.25) is 19.2 Å². The van der Waals surface area contributed by atoms with Crippen LogP contribution in [-0.4, -0.2) is 74.2 Å². The Morgan fingerprint density at radius 1 is 0.844 bits per heavy atom. The first-order valence-corrected chi connectivity index (χ1v) is 15.7. The summed E-state index contributed by atoms with van der Waals surface area (Å²) < 4.78 is 41.5. The summed E-state index contributed by atoms with van der Waals surface area (Å²) in [6.45, 7) is 7.53. The Balaban J connectivity index is 1.85. The molecule has 1 unspecified atom stereocenters. The second-order valence-corrected chi connectivity index (χ2v) is 11.9. The van der Waals surface area contributed by atoms with Crippen molar-refractivity contribution in [3.63, 3.8) is 0 Å². The van der Waals surface area contributed by atoms with Gasteiger partial charge in [0.15, 0.2) is 18.3 Å². The van der Waals surface area contributed by atoms with Crippen LogP contribution in [0.1, 0.15) is 69.4 Å². The monoisotopic (exact) mass is 690 g/mol. The van der Waals surface area contributed by atoms with Crippen molar-refractivity contribution in [2.24, 2.45) is 0 Å². The van der Waals surface area contributed by atoms with Gasteiger partial charge in [-0.1, -0.05) is 47.1 Å². The first-order valence-electron chi connectivity index (χ1n) is 14.9. The molecule has 2 saturated heterocycles. The van der Waals surface area contributed by atoms with E-state index in [9.17, 15) is 19.2 Å². The second-order valence-electron chi connectivity index (χ2n) is 11.1. The molecule has 0 amide bonds. The Labute approximate surface area is 270 Å². The number of aryl methyl sites for hydroxylation is 1. The molecular weight excluding hydrogens is 652 g/mol. The van der Waals surface area contributed by atoms with Crippen LogP contribution in [0.15, 0.2) is 40.9 Å². The summed E-state index contributed by atoms with van der Waals surface area (Å²) >= 11 is 3.71. The lowest BCUT2D eigenvalue weighted by Gasteiger charge is -2.45. The summed E-state index contributed by atoms with van der Waals surface area (Å²) in [5, 5.41) is 0. The molecule has 0 bridgehead atoms. The number of hydrogen-bond donors (Lipinski definition) is 0. The summed E-state index contributed by atoms with van der Waals surface area (Å²) in [4.78, 5) is 48.8. The largest absolute Gasteiger partial charge is 0.488 e. The average molecular weight is 692 g/mol. The van der Waals surface area contributed by atoms with E-state index in [1.807, 2.05) is 12.1 Å². The average Bonchev–Trinajstić information content (AvgIpc) is 3.48. The van der Waals surface area contributed by atoms with Gasteiger partial charge in [0.1, 0.15) is 30.7 Å². The highest BCUT2D eigenvalue weighted by atomic mass is 79.9. The van der Waals surface area contributed by atoms with Crippen LogP contribution in [0.5, 0.6) is 5.75 Å². The molecule has 2 aliphatic rings. The molecule has 11 nitrogen and oxygen atoms in total. The van der Waals surface area contributed by atoms with E-state index in [0.717, 1.165) is 22.0 Å². The zero-order valence-electron chi connectivity index (χ0n) is 26.0. The minimum Gasteiger partial charge on any atom is -0.488 e. The molecule has 0 spiro atoms. The standard InChI is InChI=1S/C33H39BrO11/c1-6-22-7-9-23(10-8-22)13-24-14-26(28(15-27(24)34)44-25-11-12-39-16-25)30-32(42-20(4)37)33(43-21(5)38)31(41-19(3)36)29(45-30)17-40-18(2)35/h7-10,14-15,25,29-33H,6,11-13,16-17H2,1-5H3/t25-,29?,30+,31-,32+,33+/m1/s1. The van der Waals surface area contributed by atoms with Crippen LogP contribution in [0.25, 0.3) is 0 Å². The number of carbonyl (C=O) groups excluding carboxylic acids is 4. The lowest BCUT2D eigenvalue weighted by molar-refractivity contribution is -0.254. The van der Waals surface area contributed by atoms with Crippen molar-refractivity contribution >= 4 is 39.8 Å². The van der Waals surface area contributed by atoms with Gasteiger partial charge in [0.2, 0.25) is 0 Å². The van der Waals surface area contributed by atoms with Gasteiger partial charge >= 0.3 is 23.9 Å². The molecule has 2 fully saturated rings. The Kier molecular flexibility index (Phi) is 12.0. The SMILES string of the molecule is CCc1ccc(Cc2cc([C@@H]3OC(COC(C)=O)[C@@H](OC(C)=O)[C@H](OC(C)=O)[C@H]3OC(C)=O)c(O[C@@H]3CCOC3)cc2Br)cc1. The zero-order chi connectivity index (χ0) is 32.7. The number of benzene rings is 2. The van der Waals surface area contributed by atoms with Crippen molar-refractivity contribution in [3.05, 3.63) is 63.1 Å². The van der Waals surface area contributed by atoms with E-state index in [2.05, 4.69) is 47.1 Å². The topological polar surface area (TPSA) is 133 Å². The number of halogens is 1. The number of esters is 4. The van der Waals surface area contributed by atoms with Crippen LogP contribution in [0, 0.1) is 0 Å². The molecule has 2 aromatic rings. The van der Waals surface area contributed by atoms with Gasteiger partial charge in [-0.05, 0) is 41.7 Å². The predicted molar refractivity (Wildman–Crippen MR) is 164 cm³/mol. The minimum atomic E-state index is -1.30. The normalized spacial score (nSPS) is 24.4. The molecule has 6 atom stereocenters.